The van der Waals surface area contributed by atoms with Crippen LogP contribution in [0.1, 0.15) is 35.8 Å². The van der Waals surface area contributed by atoms with E-state index in [0.717, 1.165) is 0 Å². The zero-order valence-electron chi connectivity index (χ0n) is 10.6. The number of carbonyl (C=O) groups excluding carboxylic acids is 1. The van der Waals surface area contributed by atoms with Crippen molar-refractivity contribution in [2.24, 2.45) is 10.9 Å². The number of aryl methyl sites for hydroxylation is 1. The lowest BCUT2D eigenvalue weighted by Crippen LogP contribution is -2.37. The zero-order chi connectivity index (χ0) is 13.5. The average molecular weight is 250 g/mol. The topological polar surface area (TPSA) is 101 Å². The van der Waals surface area contributed by atoms with Crippen LogP contribution in [0.2, 0.25) is 0 Å². The van der Waals surface area contributed by atoms with Crippen LogP contribution in [0.4, 0.5) is 0 Å². The van der Waals surface area contributed by atoms with E-state index in [9.17, 15) is 4.79 Å². The van der Waals surface area contributed by atoms with Gasteiger partial charge in [-0.25, -0.2) is 0 Å². The van der Waals surface area contributed by atoms with Crippen LogP contribution in [-0.4, -0.2) is 28.0 Å². The van der Waals surface area contributed by atoms with Gasteiger partial charge in [-0.3, -0.25) is 9.78 Å². The highest BCUT2D eigenvalue weighted by Crippen LogP contribution is 2.06. The largest absolute Gasteiger partial charge is 0.409 e. The van der Waals surface area contributed by atoms with Gasteiger partial charge in [0.25, 0.3) is 5.91 Å². The standard InChI is InChI=1S/C12H18N4O2/c1-3-9(7-11(13)16-18)15-12(17)10-5-4-6-14-8(10)2/h4-6,9,18H,3,7H2,1-2H3,(H2,13,16)(H,15,17). The highest BCUT2D eigenvalue weighted by Gasteiger charge is 2.15. The lowest BCUT2D eigenvalue weighted by Gasteiger charge is -2.16. The van der Waals surface area contributed by atoms with E-state index in [1.165, 1.54) is 0 Å². The summed E-state index contributed by atoms with van der Waals surface area (Å²) in [5.74, 6) is -0.0942. The van der Waals surface area contributed by atoms with Crippen molar-refractivity contribution in [3.8, 4) is 0 Å². The van der Waals surface area contributed by atoms with Crippen LogP contribution in [0.25, 0.3) is 0 Å². The molecule has 1 heterocycles. The van der Waals surface area contributed by atoms with Crippen molar-refractivity contribution in [3.05, 3.63) is 29.6 Å². The van der Waals surface area contributed by atoms with Gasteiger partial charge in [-0.2, -0.15) is 0 Å². The molecule has 1 rings (SSSR count). The Morgan fingerprint density at radius 1 is 1.67 bits per heavy atom. The molecule has 6 heteroatoms. The summed E-state index contributed by atoms with van der Waals surface area (Å²) in [4.78, 5) is 16.1. The summed E-state index contributed by atoms with van der Waals surface area (Å²) >= 11 is 0. The molecule has 4 N–H and O–H groups in total. The first-order valence-corrected chi connectivity index (χ1v) is 5.77. The van der Waals surface area contributed by atoms with Crippen molar-refractivity contribution in [3.63, 3.8) is 0 Å². The van der Waals surface area contributed by atoms with Crippen molar-refractivity contribution < 1.29 is 10.0 Å². The summed E-state index contributed by atoms with van der Waals surface area (Å²) in [6.07, 6.45) is 2.65. The summed E-state index contributed by atoms with van der Waals surface area (Å²) in [5, 5.41) is 14.3. The smallest absolute Gasteiger partial charge is 0.253 e. The van der Waals surface area contributed by atoms with Gasteiger partial charge < -0.3 is 16.3 Å². The third kappa shape index (κ3) is 3.73. The van der Waals surface area contributed by atoms with E-state index < -0.39 is 0 Å². The summed E-state index contributed by atoms with van der Waals surface area (Å²) in [7, 11) is 0. The number of amidine groups is 1. The van der Waals surface area contributed by atoms with E-state index >= 15 is 0 Å². The molecule has 0 aliphatic carbocycles. The fourth-order valence-corrected chi connectivity index (χ4v) is 1.58. The maximum absolute atomic E-state index is 12.0. The van der Waals surface area contributed by atoms with Gasteiger partial charge in [0.1, 0.15) is 5.84 Å². The van der Waals surface area contributed by atoms with Crippen LogP contribution in [-0.2, 0) is 0 Å². The number of carbonyl (C=O) groups is 1. The Morgan fingerprint density at radius 2 is 2.39 bits per heavy atom. The summed E-state index contributed by atoms with van der Waals surface area (Å²) in [5.41, 5.74) is 6.64. The molecule has 6 nitrogen and oxygen atoms in total. The number of pyridine rings is 1. The van der Waals surface area contributed by atoms with Gasteiger partial charge in [0, 0.05) is 24.4 Å². The number of hydrogen-bond donors (Lipinski definition) is 3. The van der Waals surface area contributed by atoms with Crippen LogP contribution < -0.4 is 11.1 Å². The second-order valence-electron chi connectivity index (χ2n) is 4.01. The lowest BCUT2D eigenvalue weighted by molar-refractivity contribution is 0.0936. The Morgan fingerprint density at radius 3 is 2.94 bits per heavy atom. The van der Waals surface area contributed by atoms with Crippen molar-refractivity contribution in [1.82, 2.24) is 10.3 Å². The van der Waals surface area contributed by atoms with E-state index in [-0.39, 0.29) is 17.8 Å². The highest BCUT2D eigenvalue weighted by molar-refractivity contribution is 5.95. The highest BCUT2D eigenvalue weighted by atomic mass is 16.4. The molecule has 0 fully saturated rings. The second-order valence-corrected chi connectivity index (χ2v) is 4.01. The van der Waals surface area contributed by atoms with E-state index in [1.54, 1.807) is 25.3 Å². The van der Waals surface area contributed by atoms with Crippen LogP contribution >= 0.6 is 0 Å². The molecule has 0 radical (unpaired) electrons. The number of hydrogen-bond acceptors (Lipinski definition) is 4. The van der Waals surface area contributed by atoms with Gasteiger partial charge in [-0.05, 0) is 25.5 Å². The predicted molar refractivity (Wildman–Crippen MR) is 68.5 cm³/mol. The Labute approximate surface area is 106 Å². The molecular formula is C12H18N4O2. The molecule has 0 aliphatic rings. The van der Waals surface area contributed by atoms with Gasteiger partial charge in [0.05, 0.1) is 5.56 Å². The van der Waals surface area contributed by atoms with Crippen LogP contribution in [0.15, 0.2) is 23.5 Å². The molecule has 1 amide bonds. The molecule has 0 saturated heterocycles. The predicted octanol–water partition coefficient (Wildman–Crippen LogP) is 1.03. The van der Waals surface area contributed by atoms with E-state index in [4.69, 9.17) is 10.9 Å². The molecule has 0 spiro atoms. The third-order valence-corrected chi connectivity index (χ3v) is 2.66. The Hall–Kier alpha value is -2.11. The summed E-state index contributed by atoms with van der Waals surface area (Å²) in [6, 6.07) is 3.27. The molecule has 0 saturated carbocycles. The van der Waals surface area contributed by atoms with Gasteiger partial charge in [0.15, 0.2) is 0 Å². The molecule has 0 aromatic carbocycles. The number of aromatic nitrogens is 1. The minimum absolute atomic E-state index is 0.102. The van der Waals surface area contributed by atoms with Crippen molar-refractivity contribution in [1.29, 1.82) is 0 Å². The van der Waals surface area contributed by atoms with Gasteiger partial charge >= 0.3 is 0 Å². The van der Waals surface area contributed by atoms with Gasteiger partial charge in [-0.15, -0.1) is 0 Å². The van der Waals surface area contributed by atoms with Crippen molar-refractivity contribution >= 4 is 11.7 Å². The quantitative estimate of drug-likeness (QED) is 0.314. The molecule has 1 aromatic heterocycles. The minimum atomic E-state index is -0.196. The summed E-state index contributed by atoms with van der Waals surface area (Å²) < 4.78 is 0. The van der Waals surface area contributed by atoms with Crippen molar-refractivity contribution in [2.45, 2.75) is 32.7 Å². The number of amides is 1. The van der Waals surface area contributed by atoms with Crippen LogP contribution in [0.3, 0.4) is 0 Å². The Balaban J connectivity index is 2.71. The summed E-state index contributed by atoms with van der Waals surface area (Å²) in [6.45, 7) is 3.70. The van der Waals surface area contributed by atoms with E-state index in [0.29, 0.717) is 24.1 Å². The van der Waals surface area contributed by atoms with Crippen molar-refractivity contribution in [2.75, 3.05) is 0 Å². The normalized spacial score (nSPS) is 13.1. The van der Waals surface area contributed by atoms with E-state index in [1.807, 2.05) is 6.92 Å². The molecule has 1 aromatic rings. The first-order valence-electron chi connectivity index (χ1n) is 5.77. The molecular weight excluding hydrogens is 232 g/mol. The number of oxime groups is 1. The molecule has 98 valence electrons. The Kier molecular flexibility index (Phi) is 5.10. The fourth-order valence-electron chi connectivity index (χ4n) is 1.58. The molecule has 0 bridgehead atoms. The maximum Gasteiger partial charge on any atom is 0.253 e. The number of nitrogens with one attached hydrogen (secondary N) is 1. The van der Waals surface area contributed by atoms with E-state index in [2.05, 4.69) is 15.5 Å². The first kappa shape index (κ1) is 14.0. The Bertz CT molecular complexity index is 445. The SMILES string of the molecule is CCC(CC(N)=NO)NC(=O)c1cccnc1C. The first-order chi connectivity index (χ1) is 8.58. The van der Waals surface area contributed by atoms with Crippen LogP contribution in [0, 0.1) is 6.92 Å². The number of nitrogens with zero attached hydrogens (tertiary/aromatic N) is 2. The number of nitrogens with two attached hydrogens (primary N) is 1. The molecule has 1 atom stereocenters. The maximum atomic E-state index is 12.0. The zero-order valence-corrected chi connectivity index (χ0v) is 10.6. The monoisotopic (exact) mass is 250 g/mol. The lowest BCUT2D eigenvalue weighted by atomic mass is 10.1. The van der Waals surface area contributed by atoms with Crippen LogP contribution in [0.5, 0.6) is 0 Å². The average Bonchev–Trinajstić information content (AvgIpc) is 2.38. The third-order valence-electron chi connectivity index (χ3n) is 2.66. The minimum Gasteiger partial charge on any atom is -0.409 e. The molecule has 0 aliphatic heterocycles. The number of rotatable bonds is 5. The molecule has 18 heavy (non-hydrogen) atoms. The second kappa shape index (κ2) is 6.58. The van der Waals surface area contributed by atoms with Gasteiger partial charge in [0.2, 0.25) is 0 Å². The van der Waals surface area contributed by atoms with Gasteiger partial charge in [-0.1, -0.05) is 12.1 Å². The molecule has 1 unspecified atom stereocenters. The fraction of sp³-hybridized carbons (Fsp3) is 0.417.